The van der Waals surface area contributed by atoms with E-state index in [1.54, 1.807) is 0 Å². The first kappa shape index (κ1) is 14.4. The van der Waals surface area contributed by atoms with Crippen LogP contribution in [0.4, 0.5) is 0 Å². The van der Waals surface area contributed by atoms with Crippen LogP contribution in [-0.4, -0.2) is 68.5 Å². The maximum atomic E-state index is 11.9. The highest BCUT2D eigenvalue weighted by Gasteiger charge is 2.43. The predicted molar refractivity (Wildman–Crippen MR) is 62.3 cm³/mol. The van der Waals surface area contributed by atoms with Crippen molar-refractivity contribution in [3.63, 3.8) is 0 Å². The zero-order valence-electron chi connectivity index (χ0n) is 10.2. The Morgan fingerprint density at radius 3 is 2.70 bits per heavy atom. The van der Waals surface area contributed by atoms with Gasteiger partial charge in [-0.2, -0.15) is 5.10 Å². The van der Waals surface area contributed by atoms with Gasteiger partial charge in [0.15, 0.2) is 11.9 Å². The van der Waals surface area contributed by atoms with E-state index in [1.807, 2.05) is 0 Å². The fourth-order valence-electron chi connectivity index (χ4n) is 1.87. The van der Waals surface area contributed by atoms with Crippen molar-refractivity contribution in [1.29, 1.82) is 0 Å². The maximum absolute atomic E-state index is 11.9. The van der Waals surface area contributed by atoms with Crippen LogP contribution in [0.3, 0.4) is 0 Å². The molecule has 2 heterocycles. The molecule has 1 aromatic rings. The number of amides is 2. The number of nitrogens with one attached hydrogen (secondary N) is 2. The fraction of sp³-hybridized carbons (Fsp3) is 0.500. The van der Waals surface area contributed by atoms with Gasteiger partial charge in [0, 0.05) is 6.20 Å². The Balaban J connectivity index is 2.09. The lowest BCUT2D eigenvalue weighted by molar-refractivity contribution is -0.0305. The van der Waals surface area contributed by atoms with Gasteiger partial charge in [0.1, 0.15) is 18.3 Å². The van der Waals surface area contributed by atoms with Gasteiger partial charge < -0.3 is 31.1 Å². The van der Waals surface area contributed by atoms with E-state index in [1.165, 1.54) is 0 Å². The molecular formula is C10H14N4O6. The molecule has 7 N–H and O–H groups in total. The summed E-state index contributed by atoms with van der Waals surface area (Å²) < 4.78 is 5.07. The van der Waals surface area contributed by atoms with Crippen molar-refractivity contribution in [3.05, 3.63) is 17.5 Å². The number of nitrogens with zero attached hydrogens (tertiary/aromatic N) is 1. The van der Waals surface area contributed by atoms with Crippen molar-refractivity contribution >= 4 is 11.8 Å². The number of H-pyrrole nitrogens is 1. The number of aliphatic hydroxyl groups is 3. The van der Waals surface area contributed by atoms with E-state index in [0.29, 0.717) is 0 Å². The average Bonchev–Trinajstić information content (AvgIpc) is 2.99. The molecule has 0 aromatic carbocycles. The SMILES string of the molecule is NC(=O)c1c[nH]nc1C(=O)N[C@@H]1O[C@H](CO)[C@@H](O)[C@H]1O. The Morgan fingerprint density at radius 1 is 1.45 bits per heavy atom. The Hall–Kier alpha value is -2.01. The van der Waals surface area contributed by atoms with Gasteiger partial charge in [0.05, 0.1) is 12.2 Å². The molecule has 20 heavy (non-hydrogen) atoms. The minimum atomic E-state index is -1.41. The number of rotatable bonds is 4. The summed E-state index contributed by atoms with van der Waals surface area (Å²) in [6.07, 6.45) is -3.82. The fourth-order valence-corrected chi connectivity index (χ4v) is 1.87. The first-order valence-electron chi connectivity index (χ1n) is 5.72. The van der Waals surface area contributed by atoms with Gasteiger partial charge in [-0.15, -0.1) is 0 Å². The second-order valence-electron chi connectivity index (χ2n) is 4.24. The van der Waals surface area contributed by atoms with Crippen LogP contribution in [0.5, 0.6) is 0 Å². The van der Waals surface area contributed by atoms with E-state index in [-0.39, 0.29) is 11.3 Å². The molecule has 0 spiro atoms. The molecule has 1 aromatic heterocycles. The number of aromatic nitrogens is 2. The summed E-state index contributed by atoms with van der Waals surface area (Å²) in [5.74, 6) is -1.65. The number of hydrogen-bond donors (Lipinski definition) is 6. The zero-order chi connectivity index (χ0) is 14.9. The van der Waals surface area contributed by atoms with Gasteiger partial charge in [0.2, 0.25) is 0 Å². The lowest BCUT2D eigenvalue weighted by Crippen LogP contribution is -2.44. The van der Waals surface area contributed by atoms with Crippen LogP contribution in [0.15, 0.2) is 6.20 Å². The summed E-state index contributed by atoms with van der Waals surface area (Å²) in [6.45, 7) is -0.514. The van der Waals surface area contributed by atoms with Crippen molar-refractivity contribution in [2.24, 2.45) is 5.73 Å². The van der Waals surface area contributed by atoms with E-state index < -0.39 is 43.0 Å². The van der Waals surface area contributed by atoms with Crippen LogP contribution in [0, 0.1) is 0 Å². The number of aromatic amines is 1. The summed E-state index contributed by atoms with van der Waals surface area (Å²) in [4.78, 5) is 23.0. The predicted octanol–water partition coefficient (Wildman–Crippen LogP) is -3.32. The Bertz CT molecular complexity index is 518. The molecule has 0 unspecified atom stereocenters. The van der Waals surface area contributed by atoms with Crippen LogP contribution in [0.1, 0.15) is 20.8 Å². The molecule has 0 saturated carbocycles. The Labute approximate surface area is 112 Å². The summed E-state index contributed by atoms with van der Waals surface area (Å²) in [6, 6.07) is 0. The van der Waals surface area contributed by atoms with Crippen molar-refractivity contribution in [1.82, 2.24) is 15.5 Å². The van der Waals surface area contributed by atoms with Gasteiger partial charge in [-0.1, -0.05) is 0 Å². The van der Waals surface area contributed by atoms with Crippen molar-refractivity contribution in [3.8, 4) is 0 Å². The molecular weight excluding hydrogens is 272 g/mol. The standard InChI is InChI=1S/C10H14N4O6/c11-8(18)3-1-12-14-5(3)9(19)13-10-7(17)6(16)4(2-15)20-10/h1,4,6-7,10,15-17H,2H2,(H2,11,18)(H,12,14)(H,13,19)/t4-,6-,7-,10-/m1/s1. The summed E-state index contributed by atoms with van der Waals surface area (Å²) in [5.41, 5.74) is 4.69. The number of hydrogen-bond acceptors (Lipinski definition) is 7. The number of aliphatic hydroxyl groups excluding tert-OH is 3. The second-order valence-corrected chi connectivity index (χ2v) is 4.24. The van der Waals surface area contributed by atoms with Crippen LogP contribution in [0.2, 0.25) is 0 Å². The molecule has 10 nitrogen and oxygen atoms in total. The lowest BCUT2D eigenvalue weighted by Gasteiger charge is -2.15. The highest BCUT2D eigenvalue weighted by Crippen LogP contribution is 2.19. The molecule has 10 heteroatoms. The lowest BCUT2D eigenvalue weighted by atomic mass is 10.1. The first-order chi connectivity index (χ1) is 9.45. The monoisotopic (exact) mass is 286 g/mol. The minimum Gasteiger partial charge on any atom is -0.394 e. The molecule has 0 bridgehead atoms. The largest absolute Gasteiger partial charge is 0.394 e. The molecule has 4 atom stereocenters. The third kappa shape index (κ3) is 2.49. The smallest absolute Gasteiger partial charge is 0.274 e. The van der Waals surface area contributed by atoms with E-state index in [0.717, 1.165) is 6.20 Å². The van der Waals surface area contributed by atoms with Crippen molar-refractivity contribution in [2.75, 3.05) is 6.61 Å². The maximum Gasteiger partial charge on any atom is 0.274 e. The molecule has 0 radical (unpaired) electrons. The quantitative estimate of drug-likeness (QED) is 0.336. The molecule has 2 amide bonds. The van der Waals surface area contributed by atoms with Gasteiger partial charge in [0.25, 0.3) is 11.8 Å². The number of ether oxygens (including phenoxy) is 1. The molecule has 1 fully saturated rings. The third-order valence-corrected chi connectivity index (χ3v) is 2.94. The number of primary amides is 1. The molecule has 2 rings (SSSR count). The molecule has 1 saturated heterocycles. The highest BCUT2D eigenvalue weighted by atomic mass is 16.6. The number of carbonyl (C=O) groups excluding carboxylic acids is 2. The van der Waals surface area contributed by atoms with Crippen LogP contribution < -0.4 is 11.1 Å². The third-order valence-electron chi connectivity index (χ3n) is 2.94. The Kier molecular flexibility index (Phi) is 3.99. The van der Waals surface area contributed by atoms with Gasteiger partial charge in [-0.05, 0) is 0 Å². The van der Waals surface area contributed by atoms with Crippen LogP contribution in [-0.2, 0) is 4.74 Å². The Morgan fingerprint density at radius 2 is 2.15 bits per heavy atom. The minimum absolute atomic E-state index is 0.116. The van der Waals surface area contributed by atoms with Crippen molar-refractivity contribution < 1.29 is 29.6 Å². The van der Waals surface area contributed by atoms with Gasteiger partial charge in [-0.3, -0.25) is 14.7 Å². The van der Waals surface area contributed by atoms with Crippen molar-refractivity contribution in [2.45, 2.75) is 24.5 Å². The summed E-state index contributed by atoms with van der Waals surface area (Å²) >= 11 is 0. The van der Waals surface area contributed by atoms with E-state index in [4.69, 9.17) is 15.6 Å². The molecule has 1 aliphatic rings. The van der Waals surface area contributed by atoms with E-state index in [2.05, 4.69) is 15.5 Å². The second kappa shape index (κ2) is 5.54. The van der Waals surface area contributed by atoms with Gasteiger partial charge in [-0.25, -0.2) is 0 Å². The first-order valence-corrected chi connectivity index (χ1v) is 5.72. The zero-order valence-corrected chi connectivity index (χ0v) is 10.2. The van der Waals surface area contributed by atoms with E-state index in [9.17, 15) is 19.8 Å². The molecule has 0 aliphatic carbocycles. The molecule has 1 aliphatic heterocycles. The molecule has 110 valence electrons. The summed E-state index contributed by atoms with van der Waals surface area (Å²) in [5, 5.41) is 36.3. The number of carbonyl (C=O) groups is 2. The number of nitrogens with two attached hydrogens (primary N) is 1. The van der Waals surface area contributed by atoms with Gasteiger partial charge >= 0.3 is 0 Å². The van der Waals surface area contributed by atoms with Crippen LogP contribution in [0.25, 0.3) is 0 Å². The van der Waals surface area contributed by atoms with E-state index >= 15 is 0 Å². The highest BCUT2D eigenvalue weighted by molar-refractivity contribution is 6.05. The summed E-state index contributed by atoms with van der Waals surface area (Å²) in [7, 11) is 0. The topological polar surface area (TPSA) is 171 Å². The average molecular weight is 286 g/mol. The normalized spacial score (nSPS) is 29.4. The van der Waals surface area contributed by atoms with Crippen LogP contribution >= 0.6 is 0 Å².